The molecule has 1 heterocycles. The number of imidazole rings is 1. The lowest BCUT2D eigenvalue weighted by Gasteiger charge is -2.11. The zero-order valence-electron chi connectivity index (χ0n) is 18.1. The van der Waals surface area contributed by atoms with Crippen LogP contribution >= 0.6 is 27.7 Å². The molecule has 0 bridgehead atoms. The Morgan fingerprint density at radius 1 is 0.938 bits per heavy atom. The van der Waals surface area contributed by atoms with Gasteiger partial charge in [-0.3, -0.25) is 4.79 Å². The molecule has 0 radical (unpaired) electrons. The zero-order valence-corrected chi connectivity index (χ0v) is 20.5. The highest BCUT2D eigenvalue weighted by Gasteiger charge is 2.20. The Morgan fingerprint density at radius 3 is 2.16 bits per heavy atom. The summed E-state index contributed by atoms with van der Waals surface area (Å²) in [7, 11) is 0. The van der Waals surface area contributed by atoms with Crippen LogP contribution in [0.15, 0.2) is 82.4 Å². The van der Waals surface area contributed by atoms with Gasteiger partial charge in [0.1, 0.15) is 0 Å². The van der Waals surface area contributed by atoms with E-state index < -0.39 is 0 Å². The summed E-state index contributed by atoms with van der Waals surface area (Å²) in [5, 5.41) is 3.36. The van der Waals surface area contributed by atoms with E-state index in [1.807, 2.05) is 31.2 Å². The van der Waals surface area contributed by atoms with Crippen molar-refractivity contribution < 1.29 is 4.79 Å². The average Bonchev–Trinajstić information content (AvgIpc) is 3.20. The van der Waals surface area contributed by atoms with Crippen molar-refractivity contribution in [1.82, 2.24) is 9.97 Å². The molecule has 4 nitrogen and oxygen atoms in total. The second-order valence-electron chi connectivity index (χ2n) is 7.73. The molecule has 0 aliphatic carbocycles. The number of para-hydroxylation sites is 1. The van der Waals surface area contributed by atoms with Crippen LogP contribution in [0, 0.1) is 13.8 Å². The largest absolute Gasteiger partial charge is 0.332 e. The molecule has 1 atom stereocenters. The monoisotopic (exact) mass is 505 g/mol. The summed E-state index contributed by atoms with van der Waals surface area (Å²) in [6.45, 7) is 6.03. The summed E-state index contributed by atoms with van der Waals surface area (Å²) in [4.78, 5) is 21.1. The first-order chi connectivity index (χ1) is 15.4. The Kier molecular flexibility index (Phi) is 6.82. The van der Waals surface area contributed by atoms with Crippen molar-refractivity contribution in [1.29, 1.82) is 0 Å². The third-order valence-electron chi connectivity index (χ3n) is 5.14. The third-order valence-corrected chi connectivity index (χ3v) is 6.81. The van der Waals surface area contributed by atoms with Crippen LogP contribution in [0.25, 0.3) is 22.5 Å². The molecule has 4 rings (SSSR count). The number of benzene rings is 3. The fourth-order valence-corrected chi connectivity index (χ4v) is 4.46. The van der Waals surface area contributed by atoms with E-state index in [2.05, 4.69) is 88.6 Å². The standard InChI is InChI=1S/C26H24BrN3OS/c1-16-8-12-19(13-9-16)23-24(20-14-10-17(2)11-15-20)30-26(29-23)32-18(3)25(31)28-22-7-5-4-6-21(22)27/h4-15,18H,1-3H3,(H,28,31)(H,29,30). The van der Waals surface area contributed by atoms with Crippen LogP contribution in [-0.2, 0) is 4.79 Å². The highest BCUT2D eigenvalue weighted by Crippen LogP contribution is 2.34. The molecule has 6 heteroatoms. The minimum atomic E-state index is -0.329. The van der Waals surface area contributed by atoms with Gasteiger partial charge in [-0.05, 0) is 48.8 Å². The lowest BCUT2D eigenvalue weighted by atomic mass is 10.0. The van der Waals surface area contributed by atoms with Gasteiger partial charge < -0.3 is 10.3 Å². The molecule has 0 spiro atoms. The van der Waals surface area contributed by atoms with Gasteiger partial charge in [-0.25, -0.2) is 4.98 Å². The smallest absolute Gasteiger partial charge is 0.237 e. The van der Waals surface area contributed by atoms with E-state index in [0.717, 1.165) is 32.7 Å². The Hall–Kier alpha value is -2.83. The molecule has 1 aromatic heterocycles. The zero-order chi connectivity index (χ0) is 22.7. The van der Waals surface area contributed by atoms with Crippen molar-refractivity contribution in [2.45, 2.75) is 31.2 Å². The van der Waals surface area contributed by atoms with E-state index in [1.54, 1.807) is 0 Å². The van der Waals surface area contributed by atoms with E-state index in [4.69, 9.17) is 4.98 Å². The first-order valence-corrected chi connectivity index (χ1v) is 12.0. The number of halogens is 1. The van der Waals surface area contributed by atoms with Crippen LogP contribution in [0.1, 0.15) is 18.1 Å². The molecule has 0 aliphatic heterocycles. The maximum Gasteiger partial charge on any atom is 0.237 e. The Morgan fingerprint density at radius 2 is 1.53 bits per heavy atom. The van der Waals surface area contributed by atoms with Crippen molar-refractivity contribution in [2.75, 3.05) is 5.32 Å². The van der Waals surface area contributed by atoms with Crippen molar-refractivity contribution >= 4 is 39.3 Å². The quantitative estimate of drug-likeness (QED) is 0.271. The second-order valence-corrected chi connectivity index (χ2v) is 9.91. The minimum Gasteiger partial charge on any atom is -0.332 e. The van der Waals surface area contributed by atoms with E-state index in [1.165, 1.54) is 22.9 Å². The molecule has 4 aromatic rings. The van der Waals surface area contributed by atoms with Crippen molar-refractivity contribution in [3.8, 4) is 22.5 Å². The van der Waals surface area contributed by atoms with Gasteiger partial charge >= 0.3 is 0 Å². The molecule has 0 aliphatic rings. The van der Waals surface area contributed by atoms with Gasteiger partial charge in [0.15, 0.2) is 5.16 Å². The summed E-state index contributed by atoms with van der Waals surface area (Å²) in [6, 6.07) is 24.3. The summed E-state index contributed by atoms with van der Waals surface area (Å²) in [5.41, 5.74) is 7.11. The molecular weight excluding hydrogens is 482 g/mol. The number of thioether (sulfide) groups is 1. The van der Waals surface area contributed by atoms with Gasteiger partial charge in [-0.2, -0.15) is 0 Å². The highest BCUT2D eigenvalue weighted by molar-refractivity contribution is 9.10. The molecule has 2 N–H and O–H groups in total. The molecular formula is C26H24BrN3OS. The number of anilines is 1. The van der Waals surface area contributed by atoms with Crippen LogP contribution < -0.4 is 5.32 Å². The number of nitrogens with one attached hydrogen (secondary N) is 2. The molecule has 1 unspecified atom stereocenters. The van der Waals surface area contributed by atoms with E-state index >= 15 is 0 Å². The Labute approximate surface area is 201 Å². The molecule has 32 heavy (non-hydrogen) atoms. The van der Waals surface area contributed by atoms with Crippen LogP contribution in [0.4, 0.5) is 5.69 Å². The van der Waals surface area contributed by atoms with Gasteiger partial charge in [0, 0.05) is 15.6 Å². The third kappa shape index (κ3) is 5.14. The number of aromatic amines is 1. The summed E-state index contributed by atoms with van der Waals surface area (Å²) in [5.74, 6) is -0.0768. The number of nitrogens with zero attached hydrogens (tertiary/aromatic N) is 1. The number of carbonyl (C=O) groups is 1. The lowest BCUT2D eigenvalue weighted by Crippen LogP contribution is -2.22. The predicted molar refractivity (Wildman–Crippen MR) is 137 cm³/mol. The topological polar surface area (TPSA) is 57.8 Å². The van der Waals surface area contributed by atoms with Crippen LogP contribution in [0.2, 0.25) is 0 Å². The maximum absolute atomic E-state index is 12.8. The number of aryl methyl sites for hydroxylation is 2. The average molecular weight is 506 g/mol. The fourth-order valence-electron chi connectivity index (χ4n) is 3.27. The van der Waals surface area contributed by atoms with E-state index in [-0.39, 0.29) is 11.2 Å². The normalized spacial score (nSPS) is 11.9. The van der Waals surface area contributed by atoms with E-state index in [0.29, 0.717) is 5.16 Å². The van der Waals surface area contributed by atoms with Crippen molar-refractivity contribution in [2.24, 2.45) is 0 Å². The Bertz CT molecular complexity index is 1170. The molecule has 3 aromatic carbocycles. The first kappa shape index (κ1) is 22.4. The molecule has 0 fully saturated rings. The highest BCUT2D eigenvalue weighted by atomic mass is 79.9. The summed E-state index contributed by atoms with van der Waals surface area (Å²) < 4.78 is 0.854. The lowest BCUT2D eigenvalue weighted by molar-refractivity contribution is -0.115. The molecule has 162 valence electrons. The maximum atomic E-state index is 12.8. The van der Waals surface area contributed by atoms with Gasteiger partial charge in [-0.1, -0.05) is 83.6 Å². The summed E-state index contributed by atoms with van der Waals surface area (Å²) >= 11 is 4.89. The summed E-state index contributed by atoms with van der Waals surface area (Å²) in [6.07, 6.45) is 0. The van der Waals surface area contributed by atoms with Crippen LogP contribution in [0.3, 0.4) is 0 Å². The molecule has 0 saturated heterocycles. The predicted octanol–water partition coefficient (Wildman–Crippen LogP) is 7.24. The van der Waals surface area contributed by atoms with Gasteiger partial charge in [0.25, 0.3) is 0 Å². The SMILES string of the molecule is Cc1ccc(-c2nc(SC(C)C(=O)Nc3ccccc3Br)[nH]c2-c2ccc(C)cc2)cc1. The number of hydrogen-bond donors (Lipinski definition) is 2. The van der Waals surface area contributed by atoms with Crippen molar-refractivity contribution in [3.63, 3.8) is 0 Å². The number of rotatable bonds is 6. The van der Waals surface area contributed by atoms with E-state index in [9.17, 15) is 4.79 Å². The molecule has 1 amide bonds. The van der Waals surface area contributed by atoms with Gasteiger partial charge in [0.05, 0.1) is 22.3 Å². The molecule has 0 saturated carbocycles. The van der Waals surface area contributed by atoms with Gasteiger partial charge in [0.2, 0.25) is 5.91 Å². The Balaban J connectivity index is 1.62. The fraction of sp³-hybridized carbons (Fsp3) is 0.154. The van der Waals surface area contributed by atoms with Crippen LogP contribution in [-0.4, -0.2) is 21.1 Å². The van der Waals surface area contributed by atoms with Crippen LogP contribution in [0.5, 0.6) is 0 Å². The second kappa shape index (κ2) is 9.76. The van der Waals surface area contributed by atoms with Gasteiger partial charge in [-0.15, -0.1) is 0 Å². The number of hydrogen-bond acceptors (Lipinski definition) is 3. The number of H-pyrrole nitrogens is 1. The number of amides is 1. The number of carbonyl (C=O) groups excluding carboxylic acids is 1. The first-order valence-electron chi connectivity index (χ1n) is 10.4. The van der Waals surface area contributed by atoms with Crippen molar-refractivity contribution in [3.05, 3.63) is 88.4 Å². The number of aromatic nitrogens is 2. The minimum absolute atomic E-state index is 0.0768.